The molecule has 3 heterocycles. The summed E-state index contributed by atoms with van der Waals surface area (Å²) >= 11 is 0. The number of methoxy groups -OCH3 is 4. The molecule has 0 bridgehead atoms. The number of ketones is 1. The van der Waals surface area contributed by atoms with Crippen molar-refractivity contribution in [2.45, 2.75) is 89.4 Å². The van der Waals surface area contributed by atoms with E-state index in [1.54, 1.807) is 34.0 Å². The summed E-state index contributed by atoms with van der Waals surface area (Å²) in [5.74, 6) is -1.27. The fourth-order valence-electron chi connectivity index (χ4n) is 3.67. The standard InChI is InChI=1S/C8H12O4.C8H14O3.C8H12O3.C5H8O2.C2H2O2.C2H7P/c1-8(7(10)11-2)4-3-6(9)5-12-8;2*1-8(7(9)10-2)5-3-4-6-11-8;1-4(2)5(6)7-3;3-1-2-4;1-3-2/h3-5H2,1-2H3;3-6H2,1-2H3;4,6H,3,5H2,1-2H3;1H2,2-3H3;1-2H;3H,1-2H3. The van der Waals surface area contributed by atoms with Gasteiger partial charge in [-0.25, -0.2) is 19.2 Å². The number of aldehydes is 2. The van der Waals surface area contributed by atoms with Gasteiger partial charge in [-0.15, -0.1) is 8.58 Å². The normalized spacial score (nSPS) is 23.3. The van der Waals surface area contributed by atoms with E-state index in [2.05, 4.69) is 38.9 Å². The number of hydrogen-bond donors (Lipinski definition) is 0. The minimum absolute atomic E-state index is 0.0194. The van der Waals surface area contributed by atoms with Crippen LogP contribution in [0.4, 0.5) is 0 Å². The van der Waals surface area contributed by atoms with Crippen LogP contribution in [-0.4, -0.2) is 114 Å². The molecular weight excluding hydrogens is 651 g/mol. The van der Waals surface area contributed by atoms with Crippen molar-refractivity contribution >= 4 is 50.8 Å². The van der Waals surface area contributed by atoms with Crippen LogP contribution in [0.25, 0.3) is 0 Å². The van der Waals surface area contributed by atoms with Crippen LogP contribution in [-0.2, 0) is 66.7 Å². The summed E-state index contributed by atoms with van der Waals surface area (Å²) in [6.45, 7) is 15.1. The summed E-state index contributed by atoms with van der Waals surface area (Å²) in [5.41, 5.74) is -1.92. The molecule has 0 N–H and O–H groups in total. The van der Waals surface area contributed by atoms with Gasteiger partial charge >= 0.3 is 23.9 Å². The van der Waals surface area contributed by atoms with Gasteiger partial charge in [0.25, 0.3) is 0 Å². The number of esters is 4. The number of hydrogen-bond acceptors (Lipinski definition) is 14. The van der Waals surface area contributed by atoms with E-state index in [0.29, 0.717) is 31.4 Å². The van der Waals surface area contributed by atoms with Crippen molar-refractivity contribution in [1.29, 1.82) is 0 Å². The van der Waals surface area contributed by atoms with Gasteiger partial charge < -0.3 is 33.2 Å². The molecule has 2 saturated heterocycles. The first-order valence-corrected chi connectivity index (χ1v) is 17.1. The molecule has 0 radical (unpaired) electrons. The molecule has 48 heavy (non-hydrogen) atoms. The van der Waals surface area contributed by atoms with Crippen molar-refractivity contribution < 1.29 is 66.7 Å². The Morgan fingerprint density at radius 1 is 0.792 bits per heavy atom. The number of rotatable bonds is 5. The third-order valence-electron chi connectivity index (χ3n) is 6.55. The van der Waals surface area contributed by atoms with Gasteiger partial charge in [0.2, 0.25) is 5.60 Å². The van der Waals surface area contributed by atoms with Crippen molar-refractivity contribution in [1.82, 2.24) is 0 Å². The lowest BCUT2D eigenvalue weighted by molar-refractivity contribution is -0.174. The van der Waals surface area contributed by atoms with E-state index in [-0.39, 0.29) is 42.9 Å². The highest BCUT2D eigenvalue weighted by molar-refractivity contribution is 7.35. The zero-order valence-electron chi connectivity index (χ0n) is 30.1. The van der Waals surface area contributed by atoms with Crippen LogP contribution in [0.15, 0.2) is 24.5 Å². The lowest BCUT2D eigenvalue weighted by atomic mass is 9.96. The Bertz CT molecular complexity index is 1030. The SMILES string of the molecule is C=C(C)C(=O)OC.COC(=O)C1(C)CCC(=O)CO1.COC(=O)C1(C)CCC=CO1.COC(=O)C1(C)CCCCO1.CPC.O=CC=O. The zero-order chi connectivity index (χ0) is 37.8. The van der Waals surface area contributed by atoms with Gasteiger partial charge in [-0.3, -0.25) is 14.4 Å². The van der Waals surface area contributed by atoms with Gasteiger partial charge in [-0.2, -0.15) is 0 Å². The molecule has 0 aromatic rings. The van der Waals surface area contributed by atoms with E-state index in [4.69, 9.17) is 23.8 Å². The van der Waals surface area contributed by atoms with Crippen LogP contribution in [0, 0.1) is 0 Å². The molecule has 3 atom stereocenters. The van der Waals surface area contributed by atoms with E-state index >= 15 is 0 Å². The second-order valence-electron chi connectivity index (χ2n) is 10.9. The molecule has 14 nitrogen and oxygen atoms in total. The number of ether oxygens (including phenoxy) is 7. The Morgan fingerprint density at radius 2 is 1.27 bits per heavy atom. The number of allylic oxidation sites excluding steroid dienone is 1. The Hall–Kier alpha value is -3.48. The molecule has 0 spiro atoms. The van der Waals surface area contributed by atoms with Crippen LogP contribution < -0.4 is 0 Å². The molecule has 0 aromatic heterocycles. The highest BCUT2D eigenvalue weighted by atomic mass is 31.1. The summed E-state index contributed by atoms with van der Waals surface area (Å²) in [5, 5.41) is 0. The summed E-state index contributed by atoms with van der Waals surface area (Å²) in [7, 11) is 6.49. The maximum absolute atomic E-state index is 11.1. The molecule has 3 unspecified atom stereocenters. The lowest BCUT2D eigenvalue weighted by Crippen LogP contribution is -2.44. The van der Waals surface area contributed by atoms with Crippen LogP contribution >= 0.6 is 8.58 Å². The first kappa shape index (κ1) is 48.9. The maximum atomic E-state index is 11.1. The monoisotopic (exact) mass is 706 g/mol. The van der Waals surface area contributed by atoms with Crippen molar-refractivity contribution in [3.63, 3.8) is 0 Å². The fourth-order valence-corrected chi connectivity index (χ4v) is 3.67. The molecule has 3 aliphatic heterocycles. The van der Waals surface area contributed by atoms with Gasteiger partial charge in [0.15, 0.2) is 29.6 Å². The van der Waals surface area contributed by atoms with Crippen LogP contribution in [0.5, 0.6) is 0 Å². The van der Waals surface area contributed by atoms with E-state index < -0.39 is 22.8 Å². The summed E-state index contributed by atoms with van der Waals surface area (Å²) < 4.78 is 33.7. The molecule has 3 rings (SSSR count). The Balaban J connectivity index is -0.000000534. The Kier molecular flexibility index (Phi) is 28.0. The largest absolute Gasteiger partial charge is 0.484 e. The summed E-state index contributed by atoms with van der Waals surface area (Å²) in [6.07, 6.45) is 9.08. The smallest absolute Gasteiger partial charge is 0.349 e. The third-order valence-corrected chi connectivity index (χ3v) is 6.55. The zero-order valence-corrected chi connectivity index (χ0v) is 31.1. The maximum Gasteiger partial charge on any atom is 0.349 e. The predicted octanol–water partition coefficient (Wildman–Crippen LogP) is 3.70. The van der Waals surface area contributed by atoms with Crippen molar-refractivity contribution in [3.05, 3.63) is 24.5 Å². The number of carbonyl (C=O) groups excluding carboxylic acids is 7. The van der Waals surface area contributed by atoms with Crippen molar-refractivity contribution in [2.75, 3.05) is 55.0 Å². The summed E-state index contributed by atoms with van der Waals surface area (Å²) in [6, 6.07) is 0. The molecule has 3 aliphatic rings. The van der Waals surface area contributed by atoms with Crippen molar-refractivity contribution in [2.24, 2.45) is 0 Å². The molecule has 0 saturated carbocycles. The van der Waals surface area contributed by atoms with Gasteiger partial charge in [0, 0.05) is 25.0 Å². The minimum Gasteiger partial charge on any atom is -0.484 e. The second kappa shape index (κ2) is 27.5. The molecule has 0 aromatic carbocycles. The fraction of sp³-hybridized carbons (Fsp3) is 0.667. The molecule has 2 fully saturated rings. The molecule has 0 aliphatic carbocycles. The lowest BCUT2D eigenvalue weighted by Gasteiger charge is -2.30. The molecular formula is C33H55O14P. The van der Waals surface area contributed by atoms with E-state index in [1.165, 1.54) is 28.4 Å². The highest BCUT2D eigenvalue weighted by Gasteiger charge is 2.39. The van der Waals surface area contributed by atoms with Gasteiger partial charge in [-0.05, 0) is 79.2 Å². The van der Waals surface area contributed by atoms with Gasteiger partial charge in [-0.1, -0.05) is 6.58 Å². The van der Waals surface area contributed by atoms with Crippen LogP contribution in [0.3, 0.4) is 0 Å². The van der Waals surface area contributed by atoms with E-state index in [9.17, 15) is 24.0 Å². The molecule has 0 amide bonds. The van der Waals surface area contributed by atoms with Crippen molar-refractivity contribution in [3.8, 4) is 0 Å². The Labute approximate surface area is 286 Å². The molecule has 15 heteroatoms. The van der Waals surface area contributed by atoms with Crippen LogP contribution in [0.2, 0.25) is 0 Å². The minimum atomic E-state index is -0.914. The van der Waals surface area contributed by atoms with E-state index in [0.717, 1.165) is 34.3 Å². The van der Waals surface area contributed by atoms with E-state index in [1.807, 2.05) is 6.08 Å². The number of Topliss-reactive ketones (excluding diaryl/α,β-unsaturated/α-hetero) is 1. The topological polar surface area (TPSA) is 184 Å². The molecule has 276 valence electrons. The summed E-state index contributed by atoms with van der Waals surface area (Å²) in [4.78, 5) is 72.0. The number of carbonyl (C=O) groups is 7. The second-order valence-corrected chi connectivity index (χ2v) is 11.9. The average Bonchev–Trinajstić information content (AvgIpc) is 3.09. The predicted molar refractivity (Wildman–Crippen MR) is 180 cm³/mol. The third kappa shape index (κ3) is 20.7. The van der Waals surface area contributed by atoms with Crippen LogP contribution in [0.1, 0.15) is 72.6 Å². The first-order valence-electron chi connectivity index (χ1n) is 15.1. The first-order chi connectivity index (χ1) is 22.5. The van der Waals surface area contributed by atoms with Gasteiger partial charge in [0.05, 0.1) is 34.7 Å². The quantitative estimate of drug-likeness (QED) is 0.101. The Morgan fingerprint density at radius 3 is 1.56 bits per heavy atom. The highest BCUT2D eigenvalue weighted by Crippen LogP contribution is 2.26. The average molecular weight is 707 g/mol. The van der Waals surface area contributed by atoms with Gasteiger partial charge in [0.1, 0.15) is 6.61 Å².